The Kier molecular flexibility index (Phi) is 4.48. The number of non-ortho nitro benzene ring substituents is 1. The third kappa shape index (κ3) is 3.54. The van der Waals surface area contributed by atoms with Crippen LogP contribution in [0.1, 0.15) is 17.9 Å². The number of nitrogens with one attached hydrogen (secondary N) is 1. The summed E-state index contributed by atoms with van der Waals surface area (Å²) in [5.41, 5.74) is 1.42. The van der Waals surface area contributed by atoms with Gasteiger partial charge in [-0.1, -0.05) is 30.3 Å². The van der Waals surface area contributed by atoms with Gasteiger partial charge in [0.05, 0.1) is 16.0 Å². The van der Waals surface area contributed by atoms with Crippen molar-refractivity contribution in [2.75, 3.05) is 0 Å². The Morgan fingerprint density at radius 3 is 2.71 bits per heavy atom. The third-order valence-electron chi connectivity index (χ3n) is 3.22. The molecule has 1 atom stereocenters. The molecule has 0 bridgehead atoms. The van der Waals surface area contributed by atoms with Crippen LogP contribution in [0.3, 0.4) is 0 Å². The van der Waals surface area contributed by atoms with Gasteiger partial charge in [-0.05, 0) is 17.8 Å². The quantitative estimate of drug-likeness (QED) is 0.249. The molecule has 1 unspecified atom stereocenters. The van der Waals surface area contributed by atoms with Crippen molar-refractivity contribution < 1.29 is 14.5 Å². The lowest BCUT2D eigenvalue weighted by atomic mass is 10.2. The SMILES string of the molecule is CC(=O)OC(Sc1nc2ccc([N+](=O)[O-])cc2[nH]1)c1ccccc1. The van der Waals surface area contributed by atoms with E-state index in [1.165, 1.54) is 30.8 Å². The minimum atomic E-state index is -0.556. The number of ether oxygens (including phenoxy) is 1. The number of thioether (sulfide) groups is 1. The summed E-state index contributed by atoms with van der Waals surface area (Å²) in [5.74, 6) is -0.400. The summed E-state index contributed by atoms with van der Waals surface area (Å²) >= 11 is 1.23. The van der Waals surface area contributed by atoms with E-state index in [-0.39, 0.29) is 5.69 Å². The number of aromatic amines is 1. The number of nitro groups is 1. The molecule has 24 heavy (non-hydrogen) atoms. The zero-order valence-corrected chi connectivity index (χ0v) is 13.4. The summed E-state index contributed by atoms with van der Waals surface area (Å²) < 4.78 is 5.35. The van der Waals surface area contributed by atoms with Crippen molar-refractivity contribution >= 4 is 34.5 Å². The molecule has 0 radical (unpaired) electrons. The Bertz CT molecular complexity index is 895. The van der Waals surface area contributed by atoms with E-state index in [0.29, 0.717) is 16.2 Å². The van der Waals surface area contributed by atoms with Crippen LogP contribution in [0.4, 0.5) is 5.69 Å². The molecular weight excluding hydrogens is 330 g/mol. The maximum atomic E-state index is 11.4. The molecule has 1 heterocycles. The highest BCUT2D eigenvalue weighted by molar-refractivity contribution is 7.99. The fourth-order valence-corrected chi connectivity index (χ4v) is 3.17. The topological polar surface area (TPSA) is 98.1 Å². The molecule has 0 aliphatic carbocycles. The molecule has 8 heteroatoms. The number of nitrogens with zero attached hydrogens (tertiary/aromatic N) is 2. The van der Waals surface area contributed by atoms with Crippen molar-refractivity contribution in [3.63, 3.8) is 0 Å². The first kappa shape index (κ1) is 16.0. The van der Waals surface area contributed by atoms with E-state index in [1.54, 1.807) is 6.07 Å². The van der Waals surface area contributed by atoms with Gasteiger partial charge < -0.3 is 9.72 Å². The van der Waals surface area contributed by atoms with Crippen LogP contribution in [0.25, 0.3) is 11.0 Å². The second kappa shape index (κ2) is 6.71. The number of hydrogen-bond donors (Lipinski definition) is 1. The largest absolute Gasteiger partial charge is 0.446 e. The molecule has 0 fully saturated rings. The van der Waals surface area contributed by atoms with Crippen LogP contribution in [0.5, 0.6) is 0 Å². The normalized spacial score (nSPS) is 12.0. The summed E-state index contributed by atoms with van der Waals surface area (Å²) in [6.07, 6.45) is 0. The zero-order valence-electron chi connectivity index (χ0n) is 12.6. The lowest BCUT2D eigenvalue weighted by Gasteiger charge is -2.15. The van der Waals surface area contributed by atoms with E-state index >= 15 is 0 Å². The number of hydrogen-bond acceptors (Lipinski definition) is 6. The average Bonchev–Trinajstić information content (AvgIpc) is 2.96. The molecule has 1 aromatic heterocycles. The maximum Gasteiger partial charge on any atom is 0.304 e. The molecule has 122 valence electrons. The van der Waals surface area contributed by atoms with Crippen LogP contribution in [-0.4, -0.2) is 20.9 Å². The summed E-state index contributed by atoms with van der Waals surface area (Å²) in [5, 5.41) is 11.4. The molecule has 0 saturated carbocycles. The van der Waals surface area contributed by atoms with Gasteiger partial charge in [0, 0.05) is 24.6 Å². The van der Waals surface area contributed by atoms with E-state index in [4.69, 9.17) is 4.74 Å². The van der Waals surface area contributed by atoms with E-state index < -0.39 is 16.3 Å². The van der Waals surface area contributed by atoms with Gasteiger partial charge in [-0.3, -0.25) is 14.9 Å². The molecule has 3 aromatic rings. The molecule has 0 amide bonds. The molecule has 7 nitrogen and oxygen atoms in total. The van der Waals surface area contributed by atoms with Crippen LogP contribution >= 0.6 is 11.8 Å². The van der Waals surface area contributed by atoms with Gasteiger partial charge in [-0.25, -0.2) is 4.98 Å². The standard InChI is InChI=1S/C16H13N3O4S/c1-10(20)23-15(11-5-3-2-4-6-11)24-16-17-13-8-7-12(19(21)22)9-14(13)18-16/h2-9,15H,1H3,(H,17,18). The minimum absolute atomic E-state index is 0.0118. The van der Waals surface area contributed by atoms with Crippen LogP contribution in [0.2, 0.25) is 0 Å². The second-order valence-corrected chi connectivity index (χ2v) is 6.02. The number of carbonyl (C=O) groups excluding carboxylic acids is 1. The predicted molar refractivity (Wildman–Crippen MR) is 89.6 cm³/mol. The van der Waals surface area contributed by atoms with E-state index in [1.807, 2.05) is 30.3 Å². The van der Waals surface area contributed by atoms with Gasteiger partial charge in [-0.15, -0.1) is 0 Å². The van der Waals surface area contributed by atoms with Crippen molar-refractivity contribution in [1.29, 1.82) is 0 Å². The number of nitro benzene ring substituents is 1. The van der Waals surface area contributed by atoms with Gasteiger partial charge in [0.2, 0.25) is 0 Å². The first-order chi connectivity index (χ1) is 11.5. The van der Waals surface area contributed by atoms with E-state index in [0.717, 1.165) is 5.56 Å². The summed E-state index contributed by atoms with van der Waals surface area (Å²) in [4.78, 5) is 29.2. The molecule has 0 aliphatic rings. The van der Waals surface area contributed by atoms with Gasteiger partial charge in [-0.2, -0.15) is 0 Å². The Morgan fingerprint density at radius 2 is 2.04 bits per heavy atom. The van der Waals surface area contributed by atoms with Crippen molar-refractivity contribution in [3.8, 4) is 0 Å². The van der Waals surface area contributed by atoms with Crippen molar-refractivity contribution in [3.05, 3.63) is 64.2 Å². The minimum Gasteiger partial charge on any atom is -0.446 e. The summed E-state index contributed by atoms with van der Waals surface area (Å²) in [6.45, 7) is 1.35. The number of H-pyrrole nitrogens is 1. The highest BCUT2D eigenvalue weighted by Gasteiger charge is 2.19. The molecule has 2 aromatic carbocycles. The highest BCUT2D eigenvalue weighted by atomic mass is 32.2. The smallest absolute Gasteiger partial charge is 0.304 e. The van der Waals surface area contributed by atoms with Gasteiger partial charge in [0.15, 0.2) is 10.6 Å². The number of aromatic nitrogens is 2. The Balaban J connectivity index is 1.90. The highest BCUT2D eigenvalue weighted by Crippen LogP contribution is 2.36. The number of benzene rings is 2. The second-order valence-electron chi connectivity index (χ2n) is 4.97. The average molecular weight is 343 g/mol. The van der Waals surface area contributed by atoms with Crippen LogP contribution < -0.4 is 0 Å². The van der Waals surface area contributed by atoms with Gasteiger partial charge >= 0.3 is 5.97 Å². The maximum absolute atomic E-state index is 11.4. The molecule has 0 aliphatic heterocycles. The van der Waals surface area contributed by atoms with Crippen molar-refractivity contribution in [1.82, 2.24) is 9.97 Å². The fourth-order valence-electron chi connectivity index (χ4n) is 2.17. The monoisotopic (exact) mass is 343 g/mol. The van der Waals surface area contributed by atoms with Crippen LogP contribution in [0.15, 0.2) is 53.7 Å². The molecule has 1 N–H and O–H groups in total. The van der Waals surface area contributed by atoms with Crippen LogP contribution in [-0.2, 0) is 9.53 Å². The Morgan fingerprint density at radius 1 is 1.29 bits per heavy atom. The lowest BCUT2D eigenvalue weighted by Crippen LogP contribution is -2.05. The predicted octanol–water partition coefficient (Wildman–Crippen LogP) is 3.83. The first-order valence-corrected chi connectivity index (χ1v) is 7.94. The lowest BCUT2D eigenvalue weighted by molar-refractivity contribution is -0.384. The van der Waals surface area contributed by atoms with E-state index in [9.17, 15) is 14.9 Å². The number of fused-ring (bicyclic) bond motifs is 1. The number of rotatable bonds is 5. The number of carbonyl (C=O) groups is 1. The first-order valence-electron chi connectivity index (χ1n) is 7.06. The Labute approximate surface area is 141 Å². The molecule has 3 rings (SSSR count). The third-order valence-corrected chi connectivity index (χ3v) is 4.22. The van der Waals surface area contributed by atoms with Crippen molar-refractivity contribution in [2.45, 2.75) is 17.5 Å². The summed E-state index contributed by atoms with van der Waals surface area (Å²) in [7, 11) is 0. The number of imidazole rings is 1. The van der Waals surface area contributed by atoms with E-state index in [2.05, 4.69) is 9.97 Å². The summed E-state index contributed by atoms with van der Waals surface area (Å²) in [6, 6.07) is 13.7. The number of esters is 1. The molecule has 0 saturated heterocycles. The molecular formula is C16H13N3O4S. The van der Waals surface area contributed by atoms with Gasteiger partial charge in [0.25, 0.3) is 5.69 Å². The zero-order chi connectivity index (χ0) is 17.1. The van der Waals surface area contributed by atoms with Crippen molar-refractivity contribution in [2.24, 2.45) is 0 Å². The molecule has 0 spiro atoms. The Hall–Kier alpha value is -2.87. The van der Waals surface area contributed by atoms with Gasteiger partial charge in [0.1, 0.15) is 0 Å². The van der Waals surface area contributed by atoms with Crippen LogP contribution in [0, 0.1) is 10.1 Å². The fraction of sp³-hybridized carbons (Fsp3) is 0.125.